The zero-order chi connectivity index (χ0) is 22.5. The Labute approximate surface area is 189 Å². The fraction of sp³-hybridized carbons (Fsp3) is 0.0800. The molecule has 0 radical (unpaired) electrons. The molecule has 1 heterocycles. The van der Waals surface area contributed by atoms with Gasteiger partial charge in [-0.2, -0.15) is 0 Å². The smallest absolute Gasteiger partial charge is 0.338 e. The van der Waals surface area contributed by atoms with Crippen LogP contribution in [-0.4, -0.2) is 28.1 Å². The van der Waals surface area contributed by atoms with E-state index in [4.69, 9.17) is 4.74 Å². The van der Waals surface area contributed by atoms with Crippen LogP contribution in [0.4, 0.5) is 5.13 Å². The zero-order valence-electron chi connectivity index (χ0n) is 17.2. The topological polar surface area (TPSA) is 88.5 Å². The zero-order valence-corrected chi connectivity index (χ0v) is 18.0. The minimum absolute atomic E-state index is 0.190. The molecule has 1 atom stereocenters. The molecule has 0 bridgehead atoms. The van der Waals surface area contributed by atoms with Crippen molar-refractivity contribution >= 4 is 28.3 Å². The van der Waals surface area contributed by atoms with E-state index in [-0.39, 0.29) is 5.75 Å². The number of aromatic nitrogens is 1. The molecule has 3 aromatic carbocycles. The summed E-state index contributed by atoms with van der Waals surface area (Å²) in [5.41, 5.74) is 3.87. The quantitative estimate of drug-likeness (QED) is 0.391. The van der Waals surface area contributed by atoms with Crippen molar-refractivity contribution in [2.24, 2.45) is 0 Å². The highest BCUT2D eigenvalue weighted by Gasteiger charge is 2.20. The molecule has 32 heavy (non-hydrogen) atoms. The molecule has 0 saturated heterocycles. The number of benzene rings is 3. The number of nitrogens with zero attached hydrogens (tertiary/aromatic N) is 1. The van der Waals surface area contributed by atoms with Crippen molar-refractivity contribution in [1.29, 1.82) is 0 Å². The van der Waals surface area contributed by atoms with Crippen LogP contribution in [-0.2, 0) is 9.53 Å². The highest BCUT2D eigenvalue weighted by Crippen LogP contribution is 2.25. The molecule has 1 amide bonds. The molecule has 0 aliphatic heterocycles. The van der Waals surface area contributed by atoms with Crippen molar-refractivity contribution in [3.8, 4) is 28.1 Å². The second kappa shape index (κ2) is 9.45. The molecular formula is C25H20N2O4S. The number of anilines is 1. The van der Waals surface area contributed by atoms with E-state index in [1.165, 1.54) is 18.3 Å². The van der Waals surface area contributed by atoms with Crippen molar-refractivity contribution in [2.45, 2.75) is 13.0 Å². The Hall–Kier alpha value is -3.97. The van der Waals surface area contributed by atoms with Gasteiger partial charge in [0.15, 0.2) is 11.2 Å². The highest BCUT2D eigenvalue weighted by molar-refractivity contribution is 7.14. The van der Waals surface area contributed by atoms with Gasteiger partial charge in [-0.05, 0) is 42.3 Å². The number of rotatable bonds is 6. The predicted molar refractivity (Wildman–Crippen MR) is 125 cm³/mol. The van der Waals surface area contributed by atoms with Gasteiger partial charge < -0.3 is 9.84 Å². The summed E-state index contributed by atoms with van der Waals surface area (Å²) in [6.45, 7) is 1.52. The normalized spacial score (nSPS) is 11.5. The summed E-state index contributed by atoms with van der Waals surface area (Å²) in [5, 5.41) is 14.4. The van der Waals surface area contributed by atoms with E-state index in [2.05, 4.69) is 10.3 Å². The van der Waals surface area contributed by atoms with Crippen molar-refractivity contribution in [1.82, 2.24) is 4.98 Å². The molecule has 0 fully saturated rings. The average Bonchev–Trinajstić information content (AvgIpc) is 3.28. The number of hydrogen-bond donors (Lipinski definition) is 2. The maximum Gasteiger partial charge on any atom is 0.338 e. The molecule has 0 saturated carbocycles. The lowest BCUT2D eigenvalue weighted by Gasteiger charge is -2.12. The van der Waals surface area contributed by atoms with Crippen molar-refractivity contribution < 1.29 is 19.4 Å². The molecular weight excluding hydrogens is 424 g/mol. The van der Waals surface area contributed by atoms with Gasteiger partial charge in [-0.3, -0.25) is 10.1 Å². The minimum atomic E-state index is -0.983. The highest BCUT2D eigenvalue weighted by atomic mass is 32.1. The Balaban J connectivity index is 1.35. The number of esters is 1. The molecule has 4 aromatic rings. The van der Waals surface area contributed by atoms with Gasteiger partial charge in [0.1, 0.15) is 5.75 Å². The monoisotopic (exact) mass is 444 g/mol. The van der Waals surface area contributed by atoms with Crippen LogP contribution in [0, 0.1) is 0 Å². The standard InChI is InChI=1S/C25H20N2O4S/c1-16(23(29)27-25-26-22(15-32-25)19-5-3-2-4-6-19)31-24(30)20-9-7-17(8-10-20)18-11-13-21(28)14-12-18/h2-16,28H,1H3,(H,26,27,29)/t16-/m0/s1. The minimum Gasteiger partial charge on any atom is -0.508 e. The summed E-state index contributed by atoms with van der Waals surface area (Å²) in [5.74, 6) is -0.850. The number of carbonyl (C=O) groups excluding carboxylic acids is 2. The third-order valence-corrected chi connectivity index (χ3v) is 5.54. The molecule has 4 rings (SSSR count). The van der Waals surface area contributed by atoms with Crippen LogP contribution in [0.5, 0.6) is 5.75 Å². The lowest BCUT2D eigenvalue weighted by molar-refractivity contribution is -0.123. The Kier molecular flexibility index (Phi) is 6.28. The first-order valence-corrected chi connectivity index (χ1v) is 10.8. The lowest BCUT2D eigenvalue weighted by Crippen LogP contribution is -2.29. The van der Waals surface area contributed by atoms with Gasteiger partial charge in [-0.25, -0.2) is 9.78 Å². The second-order valence-corrected chi connectivity index (χ2v) is 7.92. The SMILES string of the molecule is C[C@H](OC(=O)c1ccc(-c2ccc(O)cc2)cc1)C(=O)Nc1nc(-c2ccccc2)cs1. The summed E-state index contributed by atoms with van der Waals surface area (Å²) in [4.78, 5) is 29.3. The number of phenolic OH excluding ortho intramolecular Hbond substituents is 1. The Bertz CT molecular complexity index is 1220. The molecule has 0 aliphatic rings. The van der Waals surface area contributed by atoms with Crippen molar-refractivity contribution in [2.75, 3.05) is 5.32 Å². The fourth-order valence-electron chi connectivity index (χ4n) is 3.01. The van der Waals surface area contributed by atoms with E-state index in [9.17, 15) is 14.7 Å². The molecule has 0 unspecified atom stereocenters. The van der Waals surface area contributed by atoms with Gasteiger partial charge in [-0.1, -0.05) is 54.6 Å². The van der Waals surface area contributed by atoms with Gasteiger partial charge in [0.05, 0.1) is 11.3 Å². The van der Waals surface area contributed by atoms with E-state index in [0.717, 1.165) is 22.4 Å². The largest absolute Gasteiger partial charge is 0.508 e. The first-order valence-electron chi connectivity index (χ1n) is 9.92. The van der Waals surface area contributed by atoms with E-state index in [1.54, 1.807) is 48.5 Å². The summed E-state index contributed by atoms with van der Waals surface area (Å²) in [7, 11) is 0. The third-order valence-electron chi connectivity index (χ3n) is 4.78. The van der Waals surface area contributed by atoms with Crippen LogP contribution in [0.15, 0.2) is 84.2 Å². The van der Waals surface area contributed by atoms with E-state index >= 15 is 0 Å². The summed E-state index contributed by atoms with van der Waals surface area (Å²) < 4.78 is 5.32. The summed E-state index contributed by atoms with van der Waals surface area (Å²) in [6.07, 6.45) is -0.983. The third kappa shape index (κ3) is 5.01. The van der Waals surface area contributed by atoms with Gasteiger partial charge in [0.2, 0.25) is 0 Å². The predicted octanol–water partition coefficient (Wildman–Crippen LogP) is 5.37. The number of aromatic hydroxyl groups is 1. The second-order valence-electron chi connectivity index (χ2n) is 7.06. The van der Waals surface area contributed by atoms with Gasteiger partial charge in [-0.15, -0.1) is 11.3 Å². The number of phenols is 1. The first-order chi connectivity index (χ1) is 15.5. The summed E-state index contributed by atoms with van der Waals surface area (Å²) in [6, 6.07) is 23.3. The lowest BCUT2D eigenvalue weighted by atomic mass is 10.0. The summed E-state index contributed by atoms with van der Waals surface area (Å²) >= 11 is 1.31. The molecule has 0 spiro atoms. The number of carbonyl (C=O) groups is 2. The number of thiazole rings is 1. The molecule has 7 heteroatoms. The van der Waals surface area contributed by atoms with Gasteiger partial charge in [0.25, 0.3) is 5.91 Å². The molecule has 6 nitrogen and oxygen atoms in total. The van der Waals surface area contributed by atoms with E-state index < -0.39 is 18.0 Å². The van der Waals surface area contributed by atoms with Crippen LogP contribution < -0.4 is 5.32 Å². The number of ether oxygens (including phenoxy) is 1. The first kappa shape index (κ1) is 21.3. The van der Waals surface area contributed by atoms with Crippen LogP contribution in [0.25, 0.3) is 22.4 Å². The van der Waals surface area contributed by atoms with E-state index in [0.29, 0.717) is 10.7 Å². The van der Waals surface area contributed by atoms with Crippen LogP contribution in [0.3, 0.4) is 0 Å². The maximum atomic E-state index is 12.4. The van der Waals surface area contributed by atoms with Gasteiger partial charge >= 0.3 is 5.97 Å². The molecule has 0 aliphatic carbocycles. The molecule has 2 N–H and O–H groups in total. The maximum absolute atomic E-state index is 12.4. The number of nitrogens with one attached hydrogen (secondary N) is 1. The molecule has 1 aromatic heterocycles. The van der Waals surface area contributed by atoms with Gasteiger partial charge in [0, 0.05) is 10.9 Å². The Morgan fingerprint density at radius 3 is 2.19 bits per heavy atom. The van der Waals surface area contributed by atoms with Crippen LogP contribution in [0.2, 0.25) is 0 Å². The molecule has 160 valence electrons. The Morgan fingerprint density at radius 1 is 0.906 bits per heavy atom. The number of hydrogen-bond acceptors (Lipinski definition) is 6. The van der Waals surface area contributed by atoms with Crippen molar-refractivity contribution in [3.63, 3.8) is 0 Å². The van der Waals surface area contributed by atoms with Crippen LogP contribution >= 0.6 is 11.3 Å². The average molecular weight is 445 g/mol. The van der Waals surface area contributed by atoms with Crippen molar-refractivity contribution in [3.05, 3.63) is 89.8 Å². The van der Waals surface area contributed by atoms with E-state index in [1.807, 2.05) is 35.7 Å². The Morgan fingerprint density at radius 2 is 1.53 bits per heavy atom. The fourth-order valence-corrected chi connectivity index (χ4v) is 3.74. The van der Waals surface area contributed by atoms with Crippen LogP contribution in [0.1, 0.15) is 17.3 Å². The number of amides is 1.